The summed E-state index contributed by atoms with van der Waals surface area (Å²) in [4.78, 5) is 22.5. The highest BCUT2D eigenvalue weighted by Crippen LogP contribution is 2.39. The lowest BCUT2D eigenvalue weighted by Gasteiger charge is -2.34. The van der Waals surface area contributed by atoms with Crippen LogP contribution < -0.4 is 9.64 Å². The molecule has 33 heavy (non-hydrogen) atoms. The van der Waals surface area contributed by atoms with Crippen molar-refractivity contribution in [1.82, 2.24) is 9.97 Å². The number of nitrogens with one attached hydrogen (secondary N) is 1. The molecular formula is C27H33N3O3. The van der Waals surface area contributed by atoms with Crippen molar-refractivity contribution in [3.8, 4) is 5.75 Å². The van der Waals surface area contributed by atoms with Gasteiger partial charge in [-0.05, 0) is 81.0 Å². The van der Waals surface area contributed by atoms with Gasteiger partial charge in [0.05, 0.1) is 42.8 Å². The van der Waals surface area contributed by atoms with Gasteiger partial charge in [0.15, 0.2) is 0 Å². The van der Waals surface area contributed by atoms with Crippen LogP contribution in [-0.2, 0) is 11.2 Å². The van der Waals surface area contributed by atoms with E-state index in [-0.39, 0.29) is 12.1 Å². The maximum Gasteiger partial charge on any atom is 0.414 e. The number of imidazole rings is 1. The molecule has 1 atom stereocenters. The fourth-order valence-corrected chi connectivity index (χ4v) is 4.37. The van der Waals surface area contributed by atoms with Crippen molar-refractivity contribution in [1.29, 1.82) is 0 Å². The molecule has 1 aliphatic rings. The number of amides is 1. The average Bonchev–Trinajstić information content (AvgIpc) is 3.51. The Labute approximate surface area is 195 Å². The molecule has 1 amide bonds. The number of fused-ring (bicyclic) bond motifs is 1. The van der Waals surface area contributed by atoms with E-state index in [1.54, 1.807) is 6.33 Å². The SMILES string of the molecule is CCOc1ccc(CC(=C(C)C)C(CC2CC2)N(C(=O)OC)c2ccc3[nH]cnc3c2)cc1. The van der Waals surface area contributed by atoms with Gasteiger partial charge in [0.25, 0.3) is 0 Å². The zero-order valence-electron chi connectivity index (χ0n) is 19.9. The fourth-order valence-electron chi connectivity index (χ4n) is 4.37. The number of rotatable bonds is 9. The summed E-state index contributed by atoms with van der Waals surface area (Å²) < 4.78 is 10.9. The Morgan fingerprint density at radius 1 is 1.18 bits per heavy atom. The Morgan fingerprint density at radius 3 is 2.58 bits per heavy atom. The van der Waals surface area contributed by atoms with Crippen molar-refractivity contribution in [2.75, 3.05) is 18.6 Å². The maximum atomic E-state index is 13.2. The molecule has 1 aliphatic carbocycles. The number of carbonyl (C=O) groups is 1. The molecule has 174 valence electrons. The molecule has 2 aromatic carbocycles. The number of nitrogens with zero attached hydrogens (tertiary/aromatic N) is 2. The van der Waals surface area contributed by atoms with Crippen LogP contribution in [0.15, 0.2) is 59.9 Å². The van der Waals surface area contributed by atoms with E-state index in [0.29, 0.717) is 12.5 Å². The first-order valence-electron chi connectivity index (χ1n) is 11.7. The van der Waals surface area contributed by atoms with E-state index in [9.17, 15) is 4.79 Å². The minimum absolute atomic E-state index is 0.0853. The first kappa shape index (κ1) is 22.9. The molecule has 1 heterocycles. The van der Waals surface area contributed by atoms with Crippen LogP contribution in [0.3, 0.4) is 0 Å². The van der Waals surface area contributed by atoms with Crippen LogP contribution in [0.2, 0.25) is 0 Å². The van der Waals surface area contributed by atoms with Gasteiger partial charge in [-0.1, -0.05) is 30.5 Å². The zero-order chi connectivity index (χ0) is 23.4. The fraction of sp³-hybridized carbons (Fsp3) is 0.407. The monoisotopic (exact) mass is 447 g/mol. The number of allylic oxidation sites excluding steroid dienone is 1. The Hall–Kier alpha value is -3.28. The summed E-state index contributed by atoms with van der Waals surface area (Å²) in [6, 6.07) is 14.1. The number of carbonyl (C=O) groups excluding carboxylic acids is 1. The molecule has 1 N–H and O–H groups in total. The average molecular weight is 448 g/mol. The lowest BCUT2D eigenvalue weighted by atomic mass is 9.90. The van der Waals surface area contributed by atoms with Gasteiger partial charge < -0.3 is 14.5 Å². The molecular weight excluding hydrogens is 414 g/mol. The van der Waals surface area contributed by atoms with Crippen molar-refractivity contribution in [3.05, 3.63) is 65.5 Å². The quantitative estimate of drug-likeness (QED) is 0.392. The third-order valence-electron chi connectivity index (χ3n) is 6.29. The molecule has 6 heteroatoms. The van der Waals surface area contributed by atoms with Gasteiger partial charge in [-0.15, -0.1) is 0 Å². The predicted octanol–water partition coefficient (Wildman–Crippen LogP) is 6.28. The second-order valence-electron chi connectivity index (χ2n) is 8.92. The molecule has 6 nitrogen and oxygen atoms in total. The molecule has 1 unspecified atom stereocenters. The highest BCUT2D eigenvalue weighted by Gasteiger charge is 2.35. The van der Waals surface area contributed by atoms with Crippen LogP contribution in [0.4, 0.5) is 10.5 Å². The summed E-state index contributed by atoms with van der Waals surface area (Å²) in [5.41, 5.74) is 6.25. The second-order valence-corrected chi connectivity index (χ2v) is 8.92. The molecule has 1 aromatic heterocycles. The van der Waals surface area contributed by atoms with E-state index in [0.717, 1.165) is 35.3 Å². The van der Waals surface area contributed by atoms with Gasteiger partial charge in [0, 0.05) is 0 Å². The molecule has 1 fully saturated rings. The number of anilines is 1. The third kappa shape index (κ3) is 5.38. The Morgan fingerprint density at radius 2 is 1.94 bits per heavy atom. The van der Waals surface area contributed by atoms with E-state index < -0.39 is 0 Å². The Kier molecular flexibility index (Phi) is 7.02. The lowest BCUT2D eigenvalue weighted by molar-refractivity contribution is 0.176. The highest BCUT2D eigenvalue weighted by molar-refractivity contribution is 5.92. The summed E-state index contributed by atoms with van der Waals surface area (Å²) in [6.07, 6.45) is 5.44. The molecule has 1 saturated carbocycles. The van der Waals surface area contributed by atoms with Gasteiger partial charge in [-0.25, -0.2) is 9.78 Å². The van der Waals surface area contributed by atoms with Crippen molar-refractivity contribution in [2.45, 2.75) is 52.5 Å². The van der Waals surface area contributed by atoms with Crippen LogP contribution in [0.1, 0.15) is 45.6 Å². The minimum atomic E-state index is -0.346. The number of benzene rings is 2. The summed E-state index contributed by atoms with van der Waals surface area (Å²) in [5.74, 6) is 1.50. The van der Waals surface area contributed by atoms with Gasteiger partial charge in [-0.2, -0.15) is 0 Å². The standard InChI is InChI=1S/C27H33N3O3/c1-5-33-22-11-8-19(9-12-22)14-23(18(2)3)26(15-20-6-7-20)30(27(31)32-4)21-10-13-24-25(16-21)29-17-28-24/h8-13,16-17,20,26H,5-7,14-15H2,1-4H3,(H,28,29). The molecule has 3 aromatic rings. The number of H-pyrrole nitrogens is 1. The number of aromatic nitrogens is 2. The van der Waals surface area contributed by atoms with Crippen LogP contribution in [-0.4, -0.2) is 35.8 Å². The summed E-state index contributed by atoms with van der Waals surface area (Å²) in [7, 11) is 1.45. The van der Waals surface area contributed by atoms with E-state index in [4.69, 9.17) is 9.47 Å². The van der Waals surface area contributed by atoms with Crippen LogP contribution in [0, 0.1) is 5.92 Å². The van der Waals surface area contributed by atoms with Gasteiger partial charge in [0.1, 0.15) is 5.75 Å². The number of ether oxygens (including phenoxy) is 2. The molecule has 0 spiro atoms. The largest absolute Gasteiger partial charge is 0.494 e. The normalized spacial score (nSPS) is 14.1. The van der Waals surface area contributed by atoms with Gasteiger partial charge in [-0.3, -0.25) is 4.90 Å². The molecule has 0 saturated heterocycles. The van der Waals surface area contributed by atoms with Crippen molar-refractivity contribution >= 4 is 22.8 Å². The Bertz CT molecular complexity index is 1120. The van der Waals surface area contributed by atoms with Crippen molar-refractivity contribution in [2.24, 2.45) is 5.92 Å². The zero-order valence-corrected chi connectivity index (χ0v) is 19.9. The van der Waals surface area contributed by atoms with E-state index in [1.165, 1.54) is 36.7 Å². The minimum Gasteiger partial charge on any atom is -0.494 e. The van der Waals surface area contributed by atoms with E-state index in [2.05, 4.69) is 35.9 Å². The van der Waals surface area contributed by atoms with E-state index in [1.807, 2.05) is 42.2 Å². The highest BCUT2D eigenvalue weighted by atomic mass is 16.5. The smallest absolute Gasteiger partial charge is 0.414 e. The second kappa shape index (κ2) is 10.1. The first-order chi connectivity index (χ1) is 16.0. The van der Waals surface area contributed by atoms with Crippen molar-refractivity contribution in [3.63, 3.8) is 0 Å². The first-order valence-corrected chi connectivity index (χ1v) is 11.7. The lowest BCUT2D eigenvalue weighted by Crippen LogP contribution is -2.43. The number of methoxy groups -OCH3 is 1. The molecule has 0 bridgehead atoms. The van der Waals surface area contributed by atoms with Gasteiger partial charge in [0.2, 0.25) is 0 Å². The Balaban J connectivity index is 1.71. The summed E-state index contributed by atoms with van der Waals surface area (Å²) in [6.45, 7) is 6.90. The third-order valence-corrected chi connectivity index (χ3v) is 6.29. The van der Waals surface area contributed by atoms with Gasteiger partial charge >= 0.3 is 6.09 Å². The van der Waals surface area contributed by atoms with Crippen LogP contribution in [0.25, 0.3) is 11.0 Å². The van der Waals surface area contributed by atoms with Crippen molar-refractivity contribution < 1.29 is 14.3 Å². The predicted molar refractivity (Wildman–Crippen MR) is 132 cm³/mol. The van der Waals surface area contributed by atoms with Crippen LogP contribution in [0.5, 0.6) is 5.75 Å². The maximum absolute atomic E-state index is 13.2. The topological polar surface area (TPSA) is 67.4 Å². The number of hydrogen-bond donors (Lipinski definition) is 1. The molecule has 0 radical (unpaired) electrons. The summed E-state index contributed by atoms with van der Waals surface area (Å²) in [5, 5.41) is 0. The van der Waals surface area contributed by atoms with E-state index >= 15 is 0 Å². The molecule has 0 aliphatic heterocycles. The molecule has 4 rings (SSSR count). The number of aromatic amines is 1. The number of hydrogen-bond acceptors (Lipinski definition) is 4. The summed E-state index contributed by atoms with van der Waals surface area (Å²) >= 11 is 0. The van der Waals surface area contributed by atoms with Crippen LogP contribution >= 0.6 is 0 Å².